The van der Waals surface area contributed by atoms with Crippen LogP contribution in [0.1, 0.15) is 34.8 Å². The molecule has 0 bridgehead atoms. The molecule has 0 aromatic heterocycles. The van der Waals surface area contributed by atoms with Crippen LogP contribution < -0.4 is 10.1 Å². The molecule has 0 saturated carbocycles. The fraction of sp³-hybridized carbons (Fsp3) is 0.375. The molecular weight excluding hydrogens is 394 g/mol. The van der Waals surface area contributed by atoms with Crippen molar-refractivity contribution in [3.05, 3.63) is 59.2 Å². The van der Waals surface area contributed by atoms with E-state index in [4.69, 9.17) is 4.74 Å². The smallest absolute Gasteiger partial charge is 0.260 e. The van der Waals surface area contributed by atoms with Gasteiger partial charge in [-0.25, -0.2) is 0 Å². The van der Waals surface area contributed by atoms with Crippen molar-refractivity contribution < 1.29 is 19.1 Å². The molecule has 0 radical (unpaired) electrons. The molecule has 1 aliphatic rings. The highest BCUT2D eigenvalue weighted by Crippen LogP contribution is 2.19. The van der Waals surface area contributed by atoms with E-state index >= 15 is 0 Å². The van der Waals surface area contributed by atoms with Gasteiger partial charge < -0.3 is 19.9 Å². The van der Waals surface area contributed by atoms with Gasteiger partial charge >= 0.3 is 0 Å². The second-order valence-electron chi connectivity index (χ2n) is 7.85. The topological polar surface area (TPSA) is 79.0 Å². The molecule has 1 N–H and O–H groups in total. The Morgan fingerprint density at radius 1 is 0.968 bits per heavy atom. The van der Waals surface area contributed by atoms with Crippen molar-refractivity contribution in [3.8, 4) is 5.75 Å². The van der Waals surface area contributed by atoms with Gasteiger partial charge in [-0.05, 0) is 50.1 Å². The predicted molar refractivity (Wildman–Crippen MR) is 119 cm³/mol. The molecule has 0 aliphatic carbocycles. The number of nitrogens with zero attached hydrogens (tertiary/aromatic N) is 2. The summed E-state index contributed by atoms with van der Waals surface area (Å²) in [5, 5.41) is 2.70. The van der Waals surface area contributed by atoms with Gasteiger partial charge in [-0.2, -0.15) is 0 Å². The highest BCUT2D eigenvalue weighted by molar-refractivity contribution is 5.96. The van der Waals surface area contributed by atoms with E-state index in [0.29, 0.717) is 49.6 Å². The first-order valence-corrected chi connectivity index (χ1v) is 10.5. The fourth-order valence-corrected chi connectivity index (χ4v) is 3.68. The van der Waals surface area contributed by atoms with E-state index in [1.54, 1.807) is 34.1 Å². The van der Waals surface area contributed by atoms with Crippen LogP contribution in [-0.4, -0.2) is 60.3 Å². The van der Waals surface area contributed by atoms with Crippen LogP contribution in [0.4, 0.5) is 5.69 Å². The molecular formula is C24H29N3O4. The number of rotatable bonds is 5. The lowest BCUT2D eigenvalue weighted by molar-refractivity contribution is -0.133. The number of hydrogen-bond acceptors (Lipinski definition) is 4. The number of carbonyl (C=O) groups is 3. The van der Waals surface area contributed by atoms with E-state index in [9.17, 15) is 14.4 Å². The van der Waals surface area contributed by atoms with Gasteiger partial charge in [-0.15, -0.1) is 0 Å². The molecule has 31 heavy (non-hydrogen) atoms. The summed E-state index contributed by atoms with van der Waals surface area (Å²) in [7, 11) is 0. The third kappa shape index (κ3) is 6.07. The van der Waals surface area contributed by atoms with Crippen molar-refractivity contribution in [1.82, 2.24) is 9.80 Å². The third-order valence-corrected chi connectivity index (χ3v) is 5.25. The number of nitrogens with one attached hydrogen (secondary N) is 1. The third-order valence-electron chi connectivity index (χ3n) is 5.25. The first-order chi connectivity index (χ1) is 14.8. The van der Waals surface area contributed by atoms with E-state index in [2.05, 4.69) is 5.32 Å². The number of anilines is 1. The Balaban J connectivity index is 1.56. The fourth-order valence-electron chi connectivity index (χ4n) is 3.68. The Hall–Kier alpha value is -3.35. The molecule has 2 aromatic rings. The minimum Gasteiger partial charge on any atom is -0.484 e. The molecule has 1 saturated heterocycles. The van der Waals surface area contributed by atoms with Crippen LogP contribution in [0.15, 0.2) is 42.5 Å². The van der Waals surface area contributed by atoms with Gasteiger partial charge in [0.2, 0.25) is 5.91 Å². The molecule has 3 rings (SSSR count). The average Bonchev–Trinajstić information content (AvgIpc) is 2.98. The monoisotopic (exact) mass is 423 g/mol. The van der Waals surface area contributed by atoms with E-state index in [0.717, 1.165) is 11.1 Å². The number of carbonyl (C=O) groups excluding carboxylic acids is 3. The maximum absolute atomic E-state index is 12.9. The van der Waals surface area contributed by atoms with Gasteiger partial charge in [0.15, 0.2) is 6.61 Å². The van der Waals surface area contributed by atoms with Crippen LogP contribution in [0.5, 0.6) is 5.75 Å². The zero-order valence-electron chi connectivity index (χ0n) is 18.3. The summed E-state index contributed by atoms with van der Waals surface area (Å²) in [5.41, 5.74) is 3.26. The van der Waals surface area contributed by atoms with Gasteiger partial charge in [0.25, 0.3) is 11.8 Å². The Labute approximate surface area is 183 Å². The number of aryl methyl sites for hydroxylation is 2. The van der Waals surface area contributed by atoms with Gasteiger partial charge in [-0.3, -0.25) is 14.4 Å². The molecule has 0 unspecified atom stereocenters. The SMILES string of the molecule is CC(=O)Nc1cccc(C(=O)N2CCCN(C(=O)COc3ccc(C)cc3C)CC2)c1. The summed E-state index contributed by atoms with van der Waals surface area (Å²) in [6.45, 7) is 7.47. The van der Waals surface area contributed by atoms with Gasteiger partial charge in [-0.1, -0.05) is 23.8 Å². The maximum atomic E-state index is 12.9. The van der Waals surface area contributed by atoms with Crippen LogP contribution in [0.3, 0.4) is 0 Å². The molecule has 0 spiro atoms. The van der Waals surface area contributed by atoms with Crippen LogP contribution in [0.2, 0.25) is 0 Å². The highest BCUT2D eigenvalue weighted by Gasteiger charge is 2.23. The van der Waals surface area contributed by atoms with Crippen molar-refractivity contribution in [2.24, 2.45) is 0 Å². The lowest BCUT2D eigenvalue weighted by Gasteiger charge is -2.22. The van der Waals surface area contributed by atoms with Crippen molar-refractivity contribution in [2.75, 3.05) is 38.1 Å². The Morgan fingerprint density at radius 2 is 1.71 bits per heavy atom. The summed E-state index contributed by atoms with van der Waals surface area (Å²) in [6, 6.07) is 12.8. The van der Waals surface area contributed by atoms with Gasteiger partial charge in [0.05, 0.1) is 0 Å². The normalized spacial score (nSPS) is 14.0. The van der Waals surface area contributed by atoms with Crippen molar-refractivity contribution >= 4 is 23.4 Å². The van der Waals surface area contributed by atoms with Crippen LogP contribution >= 0.6 is 0 Å². The predicted octanol–water partition coefficient (Wildman–Crippen LogP) is 3.02. The molecule has 7 nitrogen and oxygen atoms in total. The lowest BCUT2D eigenvalue weighted by atomic mass is 10.1. The van der Waals surface area contributed by atoms with Gasteiger partial charge in [0, 0.05) is 44.4 Å². The average molecular weight is 424 g/mol. The van der Waals surface area contributed by atoms with Crippen LogP contribution in [0.25, 0.3) is 0 Å². The second-order valence-corrected chi connectivity index (χ2v) is 7.85. The first kappa shape index (κ1) is 22.3. The van der Waals surface area contributed by atoms with Gasteiger partial charge in [0.1, 0.15) is 5.75 Å². The Morgan fingerprint density at radius 3 is 2.45 bits per heavy atom. The molecule has 7 heteroatoms. The summed E-state index contributed by atoms with van der Waals surface area (Å²) in [4.78, 5) is 40.4. The molecule has 1 fully saturated rings. The minimum atomic E-state index is -0.184. The maximum Gasteiger partial charge on any atom is 0.260 e. The van der Waals surface area contributed by atoms with Crippen molar-refractivity contribution in [2.45, 2.75) is 27.2 Å². The van der Waals surface area contributed by atoms with Crippen LogP contribution in [0, 0.1) is 13.8 Å². The minimum absolute atomic E-state index is 0.0173. The largest absolute Gasteiger partial charge is 0.484 e. The summed E-state index contributed by atoms with van der Waals surface area (Å²) < 4.78 is 5.73. The van der Waals surface area contributed by atoms with E-state index in [1.807, 2.05) is 32.0 Å². The molecule has 1 aliphatic heterocycles. The second kappa shape index (κ2) is 10.1. The zero-order valence-corrected chi connectivity index (χ0v) is 18.3. The number of ether oxygens (including phenoxy) is 1. The van der Waals surface area contributed by atoms with Crippen molar-refractivity contribution in [1.29, 1.82) is 0 Å². The molecule has 0 atom stereocenters. The highest BCUT2D eigenvalue weighted by atomic mass is 16.5. The first-order valence-electron chi connectivity index (χ1n) is 10.5. The lowest BCUT2D eigenvalue weighted by Crippen LogP contribution is -2.39. The summed E-state index contributed by atoms with van der Waals surface area (Å²) >= 11 is 0. The Kier molecular flexibility index (Phi) is 7.28. The molecule has 164 valence electrons. The summed E-state index contributed by atoms with van der Waals surface area (Å²) in [5.74, 6) is 0.344. The molecule has 1 heterocycles. The number of benzene rings is 2. The quantitative estimate of drug-likeness (QED) is 0.802. The van der Waals surface area contributed by atoms with Crippen molar-refractivity contribution in [3.63, 3.8) is 0 Å². The standard InChI is InChI=1S/C24H29N3O4/c1-17-8-9-22(18(2)14-17)31-16-23(29)26-10-5-11-27(13-12-26)24(30)20-6-4-7-21(15-20)25-19(3)28/h4,6-9,14-15H,5,10-13,16H2,1-3H3,(H,25,28). The van der Waals surface area contributed by atoms with E-state index in [1.165, 1.54) is 6.92 Å². The zero-order chi connectivity index (χ0) is 22.4. The molecule has 2 aromatic carbocycles. The van der Waals surface area contributed by atoms with E-state index in [-0.39, 0.29) is 24.3 Å². The molecule has 3 amide bonds. The van der Waals surface area contributed by atoms with E-state index < -0.39 is 0 Å². The van der Waals surface area contributed by atoms with Crippen LogP contribution in [-0.2, 0) is 9.59 Å². The number of amides is 3. The Bertz CT molecular complexity index is 973. The number of hydrogen-bond donors (Lipinski definition) is 1. The summed E-state index contributed by atoms with van der Waals surface area (Å²) in [6.07, 6.45) is 0.701.